The first-order chi connectivity index (χ1) is 9.58. The maximum absolute atomic E-state index is 11.4. The highest BCUT2D eigenvalue weighted by atomic mass is 16.4. The molecule has 0 bridgehead atoms. The van der Waals surface area contributed by atoms with Gasteiger partial charge in [0.15, 0.2) is 5.69 Å². The van der Waals surface area contributed by atoms with E-state index in [9.17, 15) is 14.7 Å². The monoisotopic (exact) mass is 268 g/mol. The van der Waals surface area contributed by atoms with Crippen LogP contribution in [0, 0.1) is 0 Å². The van der Waals surface area contributed by atoms with E-state index in [1.807, 2.05) is 0 Å². The lowest BCUT2D eigenvalue weighted by Gasteiger charge is -2.07. The van der Waals surface area contributed by atoms with Crippen molar-refractivity contribution in [2.75, 3.05) is 0 Å². The molecule has 2 N–H and O–H groups in total. The van der Waals surface area contributed by atoms with Crippen molar-refractivity contribution in [3.05, 3.63) is 48.0 Å². The molecule has 0 fully saturated rings. The van der Waals surface area contributed by atoms with E-state index in [0.717, 1.165) is 5.39 Å². The fourth-order valence-corrected chi connectivity index (χ4v) is 2.18. The van der Waals surface area contributed by atoms with Crippen molar-refractivity contribution >= 4 is 33.5 Å². The van der Waals surface area contributed by atoms with Crippen molar-refractivity contribution in [3.63, 3.8) is 0 Å². The molecule has 0 amide bonds. The number of carbonyl (C=O) groups is 2. The van der Waals surface area contributed by atoms with E-state index in [4.69, 9.17) is 5.11 Å². The van der Waals surface area contributed by atoms with Crippen LogP contribution < -0.4 is 0 Å². The first kappa shape index (κ1) is 12.0. The Hall–Kier alpha value is -3.02. The third-order valence-electron chi connectivity index (χ3n) is 3.04. The molecule has 0 radical (unpaired) electrons. The van der Waals surface area contributed by atoms with Crippen LogP contribution in [-0.2, 0) is 0 Å². The molecule has 6 nitrogen and oxygen atoms in total. The van der Waals surface area contributed by atoms with Crippen LogP contribution in [0.1, 0.15) is 21.0 Å². The first-order valence-corrected chi connectivity index (χ1v) is 5.72. The molecule has 3 rings (SSSR count). The molecule has 2 aromatic heterocycles. The Balaban J connectivity index is 2.54. The molecule has 0 aliphatic heterocycles. The summed E-state index contributed by atoms with van der Waals surface area (Å²) < 4.78 is 0. The Labute approximate surface area is 112 Å². The van der Waals surface area contributed by atoms with E-state index in [-0.39, 0.29) is 11.4 Å². The van der Waals surface area contributed by atoms with E-state index >= 15 is 0 Å². The Morgan fingerprint density at radius 2 is 1.75 bits per heavy atom. The number of nitrogens with zero attached hydrogens (tertiary/aromatic N) is 2. The highest BCUT2D eigenvalue weighted by molar-refractivity contribution is 6.15. The molecule has 3 aromatic rings. The quantitative estimate of drug-likeness (QED) is 0.691. The maximum atomic E-state index is 11.4. The van der Waals surface area contributed by atoms with Crippen molar-refractivity contribution in [1.29, 1.82) is 0 Å². The smallest absolute Gasteiger partial charge is 0.355 e. The fraction of sp³-hybridized carbons (Fsp3) is 0. The summed E-state index contributed by atoms with van der Waals surface area (Å²) in [5.41, 5.74) is -0.573. The van der Waals surface area contributed by atoms with Crippen LogP contribution in [0.5, 0.6) is 0 Å². The zero-order valence-electron chi connectivity index (χ0n) is 10.1. The summed E-state index contributed by atoms with van der Waals surface area (Å²) in [4.78, 5) is 30.1. The Kier molecular flexibility index (Phi) is 2.57. The van der Waals surface area contributed by atoms with E-state index in [1.54, 1.807) is 30.6 Å². The van der Waals surface area contributed by atoms with Crippen LogP contribution in [0.25, 0.3) is 21.5 Å². The topological polar surface area (TPSA) is 100 Å². The van der Waals surface area contributed by atoms with Crippen molar-refractivity contribution < 1.29 is 19.8 Å². The average molecular weight is 268 g/mol. The van der Waals surface area contributed by atoms with Gasteiger partial charge in [-0.05, 0) is 22.9 Å². The molecule has 2 heterocycles. The Bertz CT molecular complexity index is 874. The normalized spacial score (nSPS) is 10.8. The van der Waals surface area contributed by atoms with E-state index < -0.39 is 11.9 Å². The van der Waals surface area contributed by atoms with E-state index in [0.29, 0.717) is 16.2 Å². The van der Waals surface area contributed by atoms with E-state index in [1.165, 1.54) is 6.07 Å². The predicted octanol–water partition coefficient (Wildman–Crippen LogP) is 2.18. The second kappa shape index (κ2) is 4.27. The van der Waals surface area contributed by atoms with Gasteiger partial charge in [-0.3, -0.25) is 4.98 Å². The minimum Gasteiger partial charge on any atom is -0.477 e. The number of aromatic carboxylic acids is 2. The number of benzene rings is 1. The second-order valence-electron chi connectivity index (χ2n) is 4.23. The number of pyridine rings is 2. The minimum absolute atomic E-state index is 0.279. The summed E-state index contributed by atoms with van der Waals surface area (Å²) in [5.74, 6) is -2.53. The Morgan fingerprint density at radius 1 is 1.00 bits per heavy atom. The lowest BCUT2D eigenvalue weighted by atomic mass is 10.0. The third kappa shape index (κ3) is 1.74. The Morgan fingerprint density at radius 3 is 2.45 bits per heavy atom. The van der Waals surface area contributed by atoms with Gasteiger partial charge in [-0.1, -0.05) is 12.1 Å². The van der Waals surface area contributed by atoms with Gasteiger partial charge < -0.3 is 10.2 Å². The van der Waals surface area contributed by atoms with Crippen molar-refractivity contribution in [2.24, 2.45) is 0 Å². The van der Waals surface area contributed by atoms with Gasteiger partial charge in [0.1, 0.15) is 5.69 Å². The van der Waals surface area contributed by atoms with Crippen LogP contribution >= 0.6 is 0 Å². The molecule has 0 saturated carbocycles. The molecule has 0 spiro atoms. The van der Waals surface area contributed by atoms with Gasteiger partial charge in [0.25, 0.3) is 0 Å². The summed E-state index contributed by atoms with van der Waals surface area (Å²) in [6.45, 7) is 0. The van der Waals surface area contributed by atoms with Crippen LogP contribution in [-0.4, -0.2) is 32.1 Å². The van der Waals surface area contributed by atoms with Gasteiger partial charge in [0, 0.05) is 23.2 Å². The van der Waals surface area contributed by atoms with Crippen LogP contribution in [0.15, 0.2) is 36.7 Å². The number of fused-ring (bicyclic) bond motifs is 3. The molecule has 0 saturated heterocycles. The highest BCUT2D eigenvalue weighted by Gasteiger charge is 2.17. The zero-order chi connectivity index (χ0) is 14.3. The molecule has 0 aliphatic carbocycles. The SMILES string of the molecule is O=C(O)c1cc2ccc3ccncc3c2c(C(=O)O)n1. The lowest BCUT2D eigenvalue weighted by molar-refractivity contribution is 0.0687. The van der Waals surface area contributed by atoms with Crippen molar-refractivity contribution in [3.8, 4) is 0 Å². The van der Waals surface area contributed by atoms with Crippen LogP contribution in [0.2, 0.25) is 0 Å². The summed E-state index contributed by atoms with van der Waals surface area (Å²) in [7, 11) is 0. The summed E-state index contributed by atoms with van der Waals surface area (Å²) in [6, 6.07) is 6.58. The zero-order valence-corrected chi connectivity index (χ0v) is 10.1. The number of hydrogen-bond acceptors (Lipinski definition) is 4. The van der Waals surface area contributed by atoms with Gasteiger partial charge in [-0.25, -0.2) is 14.6 Å². The molecule has 98 valence electrons. The minimum atomic E-state index is -1.27. The summed E-state index contributed by atoms with van der Waals surface area (Å²) in [5, 5.41) is 20.6. The second-order valence-corrected chi connectivity index (χ2v) is 4.23. The number of carboxylic acid groups (broad SMARTS) is 2. The van der Waals surface area contributed by atoms with Gasteiger partial charge in [0.05, 0.1) is 0 Å². The summed E-state index contributed by atoms with van der Waals surface area (Å²) in [6.07, 6.45) is 3.15. The molecule has 6 heteroatoms. The number of aromatic nitrogens is 2. The van der Waals surface area contributed by atoms with Crippen molar-refractivity contribution in [2.45, 2.75) is 0 Å². The van der Waals surface area contributed by atoms with Gasteiger partial charge in [-0.2, -0.15) is 0 Å². The molecule has 1 aromatic carbocycles. The third-order valence-corrected chi connectivity index (χ3v) is 3.04. The molecule has 20 heavy (non-hydrogen) atoms. The average Bonchev–Trinajstić information content (AvgIpc) is 2.45. The largest absolute Gasteiger partial charge is 0.477 e. The van der Waals surface area contributed by atoms with Gasteiger partial charge in [-0.15, -0.1) is 0 Å². The highest BCUT2D eigenvalue weighted by Crippen LogP contribution is 2.27. The van der Waals surface area contributed by atoms with Gasteiger partial charge in [0.2, 0.25) is 0 Å². The standard InChI is InChI=1S/C14H8N2O4/c17-13(18)10-5-8-2-1-7-3-4-15-6-9(7)11(8)12(16-10)14(19)20/h1-6H,(H,17,18)(H,19,20). The number of carboxylic acids is 2. The predicted molar refractivity (Wildman–Crippen MR) is 71.0 cm³/mol. The van der Waals surface area contributed by atoms with Gasteiger partial charge >= 0.3 is 11.9 Å². The van der Waals surface area contributed by atoms with Crippen molar-refractivity contribution in [1.82, 2.24) is 9.97 Å². The molecule has 0 atom stereocenters. The lowest BCUT2D eigenvalue weighted by Crippen LogP contribution is -2.08. The molecular formula is C14H8N2O4. The maximum Gasteiger partial charge on any atom is 0.355 e. The number of hydrogen-bond donors (Lipinski definition) is 2. The van der Waals surface area contributed by atoms with E-state index in [2.05, 4.69) is 9.97 Å². The first-order valence-electron chi connectivity index (χ1n) is 5.72. The molecule has 0 unspecified atom stereocenters. The molecule has 0 aliphatic rings. The van der Waals surface area contributed by atoms with Crippen LogP contribution in [0.4, 0.5) is 0 Å². The molecular weight excluding hydrogens is 260 g/mol. The summed E-state index contributed by atoms with van der Waals surface area (Å²) >= 11 is 0. The number of rotatable bonds is 2. The van der Waals surface area contributed by atoms with Crippen LogP contribution in [0.3, 0.4) is 0 Å². The fourth-order valence-electron chi connectivity index (χ4n) is 2.18.